The number of hydrogen-bond donors (Lipinski definition) is 0. The van der Waals surface area contributed by atoms with Gasteiger partial charge < -0.3 is 4.79 Å². The second-order valence-electron chi connectivity index (χ2n) is 2.97. The zero-order valence-electron chi connectivity index (χ0n) is 7.98. The van der Waals surface area contributed by atoms with Crippen LogP contribution in [0.4, 0.5) is 0 Å². The summed E-state index contributed by atoms with van der Waals surface area (Å²) in [6, 6.07) is 0. The van der Waals surface area contributed by atoms with E-state index in [-0.39, 0.29) is 0 Å². The SMILES string of the molecule is CCCCC/C(Br)=C(/Cl)CCC=O. The van der Waals surface area contributed by atoms with Crippen LogP contribution in [0, 0.1) is 0 Å². The molecule has 0 bridgehead atoms. The van der Waals surface area contributed by atoms with Crippen LogP contribution in [0.25, 0.3) is 0 Å². The van der Waals surface area contributed by atoms with Gasteiger partial charge >= 0.3 is 0 Å². The molecule has 0 saturated heterocycles. The van der Waals surface area contributed by atoms with E-state index in [1.54, 1.807) is 0 Å². The summed E-state index contributed by atoms with van der Waals surface area (Å²) in [4.78, 5) is 10.1. The molecule has 0 unspecified atom stereocenters. The largest absolute Gasteiger partial charge is 0.303 e. The van der Waals surface area contributed by atoms with Crippen molar-refractivity contribution < 1.29 is 4.79 Å². The number of allylic oxidation sites excluding steroid dienone is 2. The molecule has 0 spiro atoms. The molecule has 0 N–H and O–H groups in total. The molecule has 3 heteroatoms. The Morgan fingerprint density at radius 3 is 2.62 bits per heavy atom. The molecule has 0 fully saturated rings. The highest BCUT2D eigenvalue weighted by Crippen LogP contribution is 2.25. The summed E-state index contributed by atoms with van der Waals surface area (Å²) in [5.74, 6) is 0. The van der Waals surface area contributed by atoms with E-state index in [1.807, 2.05) is 0 Å². The predicted octanol–water partition coefficient (Wildman–Crippen LogP) is 4.39. The van der Waals surface area contributed by atoms with E-state index in [0.29, 0.717) is 12.8 Å². The monoisotopic (exact) mass is 266 g/mol. The van der Waals surface area contributed by atoms with Crippen molar-refractivity contribution in [2.24, 2.45) is 0 Å². The van der Waals surface area contributed by atoms with Crippen LogP contribution in [0.15, 0.2) is 9.51 Å². The topological polar surface area (TPSA) is 17.1 Å². The molecule has 0 aliphatic rings. The molecule has 13 heavy (non-hydrogen) atoms. The highest BCUT2D eigenvalue weighted by atomic mass is 79.9. The Kier molecular flexibility index (Phi) is 8.89. The second kappa shape index (κ2) is 8.76. The van der Waals surface area contributed by atoms with Crippen LogP contribution in [0.2, 0.25) is 0 Å². The normalized spacial score (nSPS) is 12.5. The van der Waals surface area contributed by atoms with Crippen LogP contribution >= 0.6 is 27.5 Å². The second-order valence-corrected chi connectivity index (χ2v) is 4.39. The van der Waals surface area contributed by atoms with Gasteiger partial charge in [-0.1, -0.05) is 47.3 Å². The van der Waals surface area contributed by atoms with Crippen LogP contribution in [-0.4, -0.2) is 6.29 Å². The molecule has 0 aromatic carbocycles. The number of hydrogen-bond acceptors (Lipinski definition) is 1. The van der Waals surface area contributed by atoms with Gasteiger partial charge in [0, 0.05) is 15.9 Å². The molecule has 0 heterocycles. The van der Waals surface area contributed by atoms with Crippen LogP contribution < -0.4 is 0 Å². The van der Waals surface area contributed by atoms with Crippen molar-refractivity contribution >= 4 is 33.8 Å². The molecular weight excluding hydrogens is 251 g/mol. The van der Waals surface area contributed by atoms with E-state index in [0.717, 1.165) is 28.6 Å². The molecule has 1 nitrogen and oxygen atoms in total. The van der Waals surface area contributed by atoms with Gasteiger partial charge in [-0.3, -0.25) is 0 Å². The van der Waals surface area contributed by atoms with Gasteiger partial charge in [-0.05, 0) is 19.3 Å². The molecule has 0 aromatic heterocycles. The van der Waals surface area contributed by atoms with Gasteiger partial charge in [0.15, 0.2) is 0 Å². The maximum atomic E-state index is 10.1. The maximum absolute atomic E-state index is 10.1. The summed E-state index contributed by atoms with van der Waals surface area (Å²) in [6.07, 6.45) is 6.67. The van der Waals surface area contributed by atoms with E-state index in [4.69, 9.17) is 11.6 Å². The molecule has 0 amide bonds. The summed E-state index contributed by atoms with van der Waals surface area (Å²) in [5.41, 5.74) is 0. The van der Waals surface area contributed by atoms with Crippen molar-refractivity contribution in [1.29, 1.82) is 0 Å². The molecule has 0 saturated carbocycles. The van der Waals surface area contributed by atoms with Crippen LogP contribution in [0.3, 0.4) is 0 Å². The first-order chi connectivity index (χ1) is 6.22. The summed E-state index contributed by atoms with van der Waals surface area (Å²) in [7, 11) is 0. The third-order valence-corrected chi connectivity index (χ3v) is 3.30. The number of aldehydes is 1. The van der Waals surface area contributed by atoms with Crippen LogP contribution in [0.1, 0.15) is 45.4 Å². The first-order valence-corrected chi connectivity index (χ1v) is 5.86. The third-order valence-electron chi connectivity index (χ3n) is 1.78. The fourth-order valence-electron chi connectivity index (χ4n) is 0.987. The molecule has 0 aliphatic heterocycles. The van der Waals surface area contributed by atoms with E-state index in [2.05, 4.69) is 22.9 Å². The first kappa shape index (κ1) is 13.2. The number of carbonyl (C=O) groups excluding carboxylic acids is 1. The summed E-state index contributed by atoms with van der Waals surface area (Å²) >= 11 is 9.40. The molecule has 76 valence electrons. The van der Waals surface area contributed by atoms with Gasteiger partial charge in [-0.2, -0.15) is 0 Å². The lowest BCUT2D eigenvalue weighted by atomic mass is 10.2. The number of halogens is 2. The molecule has 0 radical (unpaired) electrons. The minimum absolute atomic E-state index is 0.516. The standard InChI is InChI=1S/C10H16BrClO/c1-2-3-4-6-9(11)10(12)7-5-8-13/h8H,2-7H2,1H3/b10-9-. The zero-order valence-corrected chi connectivity index (χ0v) is 10.3. The third kappa shape index (κ3) is 7.27. The van der Waals surface area contributed by atoms with Gasteiger partial charge in [0.05, 0.1) is 0 Å². The Hall–Kier alpha value is 0.180. The number of carbonyl (C=O) groups is 1. The fourth-order valence-corrected chi connectivity index (χ4v) is 1.67. The first-order valence-electron chi connectivity index (χ1n) is 4.69. The Bertz CT molecular complexity index is 178. The maximum Gasteiger partial charge on any atom is 0.120 e. The highest BCUT2D eigenvalue weighted by Gasteiger charge is 2.00. The molecule has 0 rings (SSSR count). The number of unbranched alkanes of at least 4 members (excludes halogenated alkanes) is 2. The predicted molar refractivity (Wildman–Crippen MR) is 61.2 cm³/mol. The van der Waals surface area contributed by atoms with Gasteiger partial charge in [-0.15, -0.1) is 0 Å². The Balaban J connectivity index is 3.73. The number of rotatable bonds is 7. The summed E-state index contributed by atoms with van der Waals surface area (Å²) < 4.78 is 1.06. The highest BCUT2D eigenvalue weighted by molar-refractivity contribution is 9.11. The van der Waals surface area contributed by atoms with Gasteiger partial charge in [-0.25, -0.2) is 0 Å². The van der Waals surface area contributed by atoms with E-state index >= 15 is 0 Å². The van der Waals surface area contributed by atoms with Crippen molar-refractivity contribution in [3.05, 3.63) is 9.51 Å². The Morgan fingerprint density at radius 1 is 1.38 bits per heavy atom. The average Bonchev–Trinajstić information content (AvgIpc) is 2.14. The Labute approximate surface area is 93.7 Å². The quantitative estimate of drug-likeness (QED) is 0.494. The van der Waals surface area contributed by atoms with E-state index in [1.165, 1.54) is 12.8 Å². The van der Waals surface area contributed by atoms with Crippen LogP contribution in [-0.2, 0) is 4.79 Å². The average molecular weight is 268 g/mol. The van der Waals surface area contributed by atoms with Gasteiger partial charge in [0.1, 0.15) is 6.29 Å². The lowest BCUT2D eigenvalue weighted by Crippen LogP contribution is -1.83. The van der Waals surface area contributed by atoms with Crippen molar-refractivity contribution in [2.75, 3.05) is 0 Å². The molecular formula is C10H16BrClO. The lowest BCUT2D eigenvalue weighted by Gasteiger charge is -2.01. The van der Waals surface area contributed by atoms with E-state index < -0.39 is 0 Å². The van der Waals surface area contributed by atoms with Crippen molar-refractivity contribution in [2.45, 2.75) is 45.4 Å². The summed E-state index contributed by atoms with van der Waals surface area (Å²) in [5, 5.41) is 0.795. The smallest absolute Gasteiger partial charge is 0.120 e. The zero-order chi connectivity index (χ0) is 10.1. The minimum Gasteiger partial charge on any atom is -0.303 e. The van der Waals surface area contributed by atoms with Gasteiger partial charge in [0.25, 0.3) is 0 Å². The van der Waals surface area contributed by atoms with E-state index in [9.17, 15) is 4.79 Å². The van der Waals surface area contributed by atoms with Crippen LogP contribution in [0.5, 0.6) is 0 Å². The van der Waals surface area contributed by atoms with Crippen molar-refractivity contribution in [3.8, 4) is 0 Å². The van der Waals surface area contributed by atoms with Crippen molar-refractivity contribution in [3.63, 3.8) is 0 Å². The fraction of sp³-hybridized carbons (Fsp3) is 0.700. The summed E-state index contributed by atoms with van der Waals surface area (Å²) in [6.45, 7) is 2.17. The Morgan fingerprint density at radius 2 is 2.08 bits per heavy atom. The lowest BCUT2D eigenvalue weighted by molar-refractivity contribution is -0.107. The molecule has 0 atom stereocenters. The molecule has 0 aromatic rings. The molecule has 0 aliphatic carbocycles. The van der Waals surface area contributed by atoms with Gasteiger partial charge in [0.2, 0.25) is 0 Å². The van der Waals surface area contributed by atoms with Crippen molar-refractivity contribution in [1.82, 2.24) is 0 Å². The minimum atomic E-state index is 0.516.